The number of methoxy groups -OCH3 is 1. The Labute approximate surface area is 192 Å². The highest BCUT2D eigenvalue weighted by Gasteiger charge is 2.58. The smallest absolute Gasteiger partial charge is 0.493 e. The minimum absolute atomic E-state index is 0.103. The molecule has 3 heterocycles. The summed E-state index contributed by atoms with van der Waals surface area (Å²) in [6.07, 6.45) is -2.23. The van der Waals surface area contributed by atoms with E-state index in [1.165, 1.54) is 13.2 Å². The number of nitrogens with one attached hydrogen (secondary N) is 1. The monoisotopic (exact) mass is 485 g/mol. The first-order valence-electron chi connectivity index (χ1n) is 10.8. The van der Waals surface area contributed by atoms with Crippen molar-refractivity contribution in [2.75, 3.05) is 13.7 Å². The average Bonchev–Trinajstić information content (AvgIpc) is 2.99. The van der Waals surface area contributed by atoms with Gasteiger partial charge in [-0.15, -0.1) is 6.42 Å². The van der Waals surface area contributed by atoms with Gasteiger partial charge in [0.15, 0.2) is 17.7 Å². The Morgan fingerprint density at radius 3 is 3.03 bits per heavy atom. The summed E-state index contributed by atoms with van der Waals surface area (Å²) in [6, 6.07) is 4.59. The van der Waals surface area contributed by atoms with Crippen molar-refractivity contribution >= 4 is 13.7 Å². The highest BCUT2D eigenvalue weighted by molar-refractivity contribution is 7.49. The summed E-state index contributed by atoms with van der Waals surface area (Å²) in [5.41, 5.74) is 0.00967. The van der Waals surface area contributed by atoms with E-state index >= 15 is 4.39 Å². The zero-order valence-electron chi connectivity index (χ0n) is 20.0. The molecule has 3 aliphatic heterocycles. The highest BCUT2D eigenvalue weighted by Crippen LogP contribution is 2.57. The van der Waals surface area contributed by atoms with Crippen LogP contribution < -0.4 is 14.6 Å². The number of aliphatic hydroxyl groups excluding tert-OH is 2. The van der Waals surface area contributed by atoms with E-state index in [1.54, 1.807) is 12.1 Å². The third-order valence-corrected chi connectivity index (χ3v) is 5.95. The van der Waals surface area contributed by atoms with Crippen molar-refractivity contribution in [3.8, 4) is 23.8 Å². The average molecular weight is 485 g/mol. The second-order valence-corrected chi connectivity index (χ2v) is 8.40. The van der Waals surface area contributed by atoms with Gasteiger partial charge >= 0.3 is 7.82 Å². The van der Waals surface area contributed by atoms with Gasteiger partial charge in [0.25, 0.3) is 11.8 Å². The first-order chi connectivity index (χ1) is 16.7. The van der Waals surface area contributed by atoms with Crippen LogP contribution in [0.1, 0.15) is 9.68 Å². The number of halogens is 1. The van der Waals surface area contributed by atoms with Gasteiger partial charge in [-0.25, -0.2) is 8.96 Å². The lowest BCUT2D eigenvalue weighted by atomic mass is 10.1. The number of phosphoric ester groups is 1. The maximum Gasteiger partial charge on any atom is 0.530 e. The number of aliphatic hydroxyl groups is 2. The normalized spacial score (nSPS) is 37.5. The number of hydrogen-bond donors (Lipinski definition) is 3. The summed E-state index contributed by atoms with van der Waals surface area (Å²) in [4.78, 5) is 12.5. The molecule has 0 saturated carbocycles. The number of nitrogens with zero attached hydrogens (tertiary/aromatic N) is 1. The fourth-order valence-corrected chi connectivity index (χ4v) is 4.20. The summed E-state index contributed by atoms with van der Waals surface area (Å²) in [5.74, 6) is -3.20. The third-order valence-electron chi connectivity index (χ3n) is 4.79. The number of carbonyl (C=O) groups is 1. The molecule has 0 aliphatic carbocycles. The Hall–Kier alpha value is -2.91. The Bertz CT molecular complexity index is 1240. The number of ether oxygens (including phenoxy) is 2. The van der Waals surface area contributed by atoms with E-state index in [-0.39, 0.29) is 23.7 Å². The zero-order valence-corrected chi connectivity index (χ0v) is 17.9. The molecule has 13 heteroatoms. The van der Waals surface area contributed by atoms with Gasteiger partial charge in [-0.3, -0.25) is 13.8 Å². The van der Waals surface area contributed by atoms with Gasteiger partial charge in [0.05, 0.1) is 17.8 Å². The molecule has 0 aromatic heterocycles. The Morgan fingerprint density at radius 2 is 2.33 bits per heavy atom. The van der Waals surface area contributed by atoms with Crippen molar-refractivity contribution < 1.29 is 51.1 Å². The van der Waals surface area contributed by atoms with Crippen LogP contribution in [0.5, 0.6) is 11.5 Å². The molecule has 11 nitrogen and oxygen atoms in total. The molecule has 0 bridgehead atoms. The van der Waals surface area contributed by atoms with Crippen LogP contribution in [0.25, 0.3) is 0 Å². The van der Waals surface area contributed by atoms with Crippen molar-refractivity contribution in [2.45, 2.75) is 30.9 Å². The number of para-hydroxylation sites is 1. The molecule has 5 atom stereocenters. The molecule has 1 aromatic rings. The molecule has 4 rings (SSSR count). The number of carbonyl (C=O) groups excluding carboxylic acids is 1. The van der Waals surface area contributed by atoms with Gasteiger partial charge < -0.3 is 34.4 Å². The predicted molar refractivity (Wildman–Crippen MR) is 109 cm³/mol. The van der Waals surface area contributed by atoms with Crippen LogP contribution in [-0.2, 0) is 29.8 Å². The second-order valence-electron chi connectivity index (χ2n) is 6.89. The van der Waals surface area contributed by atoms with E-state index in [1.807, 2.05) is 5.92 Å². The fourth-order valence-electron chi connectivity index (χ4n) is 3.10. The topological polar surface area (TPSA) is 136 Å². The number of alkyl halides is 1. The van der Waals surface area contributed by atoms with Gasteiger partial charge in [-0.1, -0.05) is 24.6 Å². The Kier molecular flexibility index (Phi) is 5.01. The van der Waals surface area contributed by atoms with Gasteiger partial charge in [-0.2, -0.15) is 0 Å². The van der Waals surface area contributed by atoms with Crippen LogP contribution >= 0.6 is 7.82 Å². The summed E-state index contributed by atoms with van der Waals surface area (Å²) >= 11 is 0. The molecule has 1 saturated heterocycles. The Morgan fingerprint density at radius 1 is 1.58 bits per heavy atom. The van der Waals surface area contributed by atoms with E-state index < -0.39 is 50.4 Å². The number of terminal acetylenes is 1. The molecular weight excluding hydrogens is 462 g/mol. The van der Waals surface area contributed by atoms with Crippen molar-refractivity contribution in [1.29, 1.82) is 0 Å². The summed E-state index contributed by atoms with van der Waals surface area (Å²) < 4.78 is 78.8. The van der Waals surface area contributed by atoms with Gasteiger partial charge in [-0.05, 0) is 6.07 Å². The number of benzene rings is 1. The SMILES string of the molecule is [2H]C([2H])(OP1(=O)OCc2cccc(OC)c2O1)[C@@]1(F)O[C@@]([2H])(N2C=C(C#C)C(=O)NC2=C)[C@H](O)[C@@H]1O. The molecule has 1 unspecified atom stereocenters. The Balaban J connectivity index is 1.65. The van der Waals surface area contributed by atoms with Crippen LogP contribution in [0.3, 0.4) is 0 Å². The number of rotatable bonds is 5. The summed E-state index contributed by atoms with van der Waals surface area (Å²) in [7, 11) is -3.62. The van der Waals surface area contributed by atoms with Crippen molar-refractivity contribution in [3.63, 3.8) is 0 Å². The van der Waals surface area contributed by atoms with Crippen molar-refractivity contribution in [1.82, 2.24) is 10.2 Å². The molecule has 1 amide bonds. The molecule has 1 fully saturated rings. The maximum atomic E-state index is 16.0. The van der Waals surface area contributed by atoms with E-state index in [9.17, 15) is 19.6 Å². The zero-order chi connectivity index (χ0) is 26.7. The molecule has 1 aromatic carbocycles. The van der Waals surface area contributed by atoms with E-state index in [4.69, 9.17) is 33.6 Å². The van der Waals surface area contributed by atoms with Gasteiger partial charge in [0.2, 0.25) is 0 Å². The summed E-state index contributed by atoms with van der Waals surface area (Å²) in [5, 5.41) is 23.1. The van der Waals surface area contributed by atoms with Gasteiger partial charge in [0, 0.05) is 11.8 Å². The molecule has 3 aliphatic rings. The highest BCUT2D eigenvalue weighted by atomic mass is 31.2. The minimum atomic E-state index is -4.91. The largest absolute Gasteiger partial charge is 0.530 e. The second kappa shape index (κ2) is 8.46. The van der Waals surface area contributed by atoms with Crippen LogP contribution in [0.4, 0.5) is 4.39 Å². The molecule has 0 spiro atoms. The number of amides is 1. The first kappa shape index (κ1) is 19.5. The lowest BCUT2D eigenvalue weighted by Crippen LogP contribution is -2.47. The number of phosphoric acid groups is 1. The third kappa shape index (κ3) is 4.11. The molecular formula is C20H20FN2O9P. The van der Waals surface area contributed by atoms with Crippen LogP contribution in [0.2, 0.25) is 0 Å². The first-order valence-corrected chi connectivity index (χ1v) is 10.7. The van der Waals surface area contributed by atoms with Crippen molar-refractivity contribution in [3.05, 3.63) is 47.9 Å². The van der Waals surface area contributed by atoms with Crippen LogP contribution in [0, 0.1) is 12.3 Å². The molecule has 3 N–H and O–H groups in total. The number of fused-ring (bicyclic) bond motifs is 1. The van der Waals surface area contributed by atoms with E-state index in [0.29, 0.717) is 10.5 Å². The molecule has 33 heavy (non-hydrogen) atoms. The lowest BCUT2D eigenvalue weighted by molar-refractivity contribution is -0.208. The number of hydrogen-bond acceptors (Lipinski definition) is 10. The van der Waals surface area contributed by atoms with Crippen LogP contribution in [-0.4, -0.2) is 59.0 Å². The maximum absolute atomic E-state index is 16.0. The standard InChI is InChI=1S/C20H20FN2O9P/c1-4-12-8-23(11(2)22-18(12)26)19-15(24)17(25)20(21,31-19)10-30-33(27)29-9-13-6-5-7-14(28-3)16(13)32-33/h1,5-8,15,17,19,24-25H,2,9-10H2,3H3,(H,22,26)/t15-,17+,19-,20-,33?/m1/s1/i10D2,19D. The minimum Gasteiger partial charge on any atom is -0.493 e. The van der Waals surface area contributed by atoms with Gasteiger partial charge in [0.1, 0.15) is 30.2 Å². The fraction of sp³-hybridized carbons (Fsp3) is 0.350. The van der Waals surface area contributed by atoms with Crippen molar-refractivity contribution in [2.24, 2.45) is 0 Å². The molecule has 176 valence electrons. The van der Waals surface area contributed by atoms with E-state index in [2.05, 4.69) is 11.9 Å². The van der Waals surface area contributed by atoms with Crippen LogP contribution in [0.15, 0.2) is 42.4 Å². The quantitative estimate of drug-likeness (QED) is 0.408. The van der Waals surface area contributed by atoms with E-state index in [0.717, 1.165) is 6.20 Å². The molecule has 0 radical (unpaired) electrons. The summed E-state index contributed by atoms with van der Waals surface area (Å²) in [6.45, 7) is -0.771. The predicted octanol–water partition coefficient (Wildman–Crippen LogP) is 0.893. The lowest BCUT2D eigenvalue weighted by Gasteiger charge is -2.33.